The van der Waals surface area contributed by atoms with Gasteiger partial charge in [-0.15, -0.1) is 0 Å². The highest BCUT2D eigenvalue weighted by Gasteiger charge is 2.35. The zero-order valence-electron chi connectivity index (χ0n) is 17.3. The predicted molar refractivity (Wildman–Crippen MR) is 129 cm³/mol. The Bertz CT molecular complexity index is 1310. The summed E-state index contributed by atoms with van der Waals surface area (Å²) < 4.78 is 52.8. The van der Waals surface area contributed by atoms with E-state index in [4.69, 9.17) is 34.8 Å². The van der Waals surface area contributed by atoms with Gasteiger partial charge >= 0.3 is 0 Å². The van der Waals surface area contributed by atoms with Crippen LogP contribution in [0.2, 0.25) is 15.1 Å². The molecule has 9 heteroatoms. The summed E-state index contributed by atoms with van der Waals surface area (Å²) >= 11 is 18.5. The Morgan fingerprint density at radius 2 is 1.36 bits per heavy atom. The first-order valence-corrected chi connectivity index (χ1v) is 12.9. The van der Waals surface area contributed by atoms with Crippen LogP contribution in [0.4, 0.5) is 8.78 Å². The van der Waals surface area contributed by atoms with Gasteiger partial charge in [-0.25, -0.2) is 17.2 Å². The van der Waals surface area contributed by atoms with E-state index in [0.717, 1.165) is 29.5 Å². The summed E-state index contributed by atoms with van der Waals surface area (Å²) in [5.74, 6) is -1.67. The maximum absolute atomic E-state index is 13.8. The van der Waals surface area contributed by atoms with E-state index in [-0.39, 0.29) is 29.6 Å². The molecule has 0 N–H and O–H groups in total. The normalized spacial score (nSPS) is 15.3. The highest BCUT2D eigenvalue weighted by atomic mass is 35.5. The molecular weight excluding hydrogens is 511 g/mol. The summed E-state index contributed by atoms with van der Waals surface area (Å²) in [5.41, 5.74) is 2.30. The van der Waals surface area contributed by atoms with Crippen LogP contribution in [0.25, 0.3) is 4.91 Å². The van der Waals surface area contributed by atoms with E-state index in [1.54, 1.807) is 30.3 Å². The summed E-state index contributed by atoms with van der Waals surface area (Å²) in [6, 6.07) is 15.0. The standard InChI is InChI=1S/C24H18Cl3F2NO2S/c1-33(31,32)24(16-8-21(28)11-22(29)9-16)17-12-30(13-17)23(14-2-4-18(25)5-3-14)15-6-19(26)10-20(27)7-15/h2-11,23H,12-13H2,1H3/t23-/m0/s1. The van der Waals surface area contributed by atoms with Crippen molar-refractivity contribution in [2.75, 3.05) is 19.3 Å². The minimum atomic E-state index is -3.75. The molecule has 0 saturated carbocycles. The minimum Gasteiger partial charge on any atom is -0.284 e. The van der Waals surface area contributed by atoms with Gasteiger partial charge in [0.2, 0.25) is 0 Å². The lowest BCUT2D eigenvalue weighted by Crippen LogP contribution is -2.44. The highest BCUT2D eigenvalue weighted by Crippen LogP contribution is 2.40. The van der Waals surface area contributed by atoms with Crippen molar-refractivity contribution in [3.63, 3.8) is 0 Å². The maximum atomic E-state index is 13.8. The Balaban J connectivity index is 1.77. The summed E-state index contributed by atoms with van der Waals surface area (Å²) in [6.45, 7) is 0.552. The molecule has 0 spiro atoms. The molecule has 0 aliphatic carbocycles. The SMILES string of the molecule is CS(=O)(=O)C(=C1CN([C@@H](c2ccc(Cl)cc2)c2cc(Cl)cc(Cl)c2)C1)c1cc(F)cc(F)c1. The van der Waals surface area contributed by atoms with Gasteiger partial charge in [-0.05, 0) is 64.7 Å². The number of likely N-dealkylation sites (tertiary alicyclic amines) is 1. The molecule has 0 unspecified atom stereocenters. The van der Waals surface area contributed by atoms with Crippen molar-refractivity contribution in [2.45, 2.75) is 6.04 Å². The fraction of sp³-hybridized carbons (Fsp3) is 0.167. The number of halogens is 5. The van der Waals surface area contributed by atoms with E-state index < -0.39 is 21.5 Å². The average Bonchev–Trinajstić information content (AvgIpc) is 2.65. The van der Waals surface area contributed by atoms with Crippen molar-refractivity contribution in [2.24, 2.45) is 0 Å². The van der Waals surface area contributed by atoms with Crippen LogP contribution in [0.3, 0.4) is 0 Å². The summed E-state index contributed by atoms with van der Waals surface area (Å²) in [5, 5.41) is 1.53. The van der Waals surface area contributed by atoms with Gasteiger partial charge in [0, 0.05) is 40.5 Å². The summed E-state index contributed by atoms with van der Waals surface area (Å²) in [4.78, 5) is 1.97. The Morgan fingerprint density at radius 3 is 1.88 bits per heavy atom. The Morgan fingerprint density at radius 1 is 0.818 bits per heavy atom. The van der Waals surface area contributed by atoms with Gasteiger partial charge in [-0.2, -0.15) is 0 Å². The number of hydrogen-bond donors (Lipinski definition) is 0. The quantitative estimate of drug-likeness (QED) is 0.366. The van der Waals surface area contributed by atoms with Crippen LogP contribution in [0.5, 0.6) is 0 Å². The Hall–Kier alpha value is -1.96. The smallest absolute Gasteiger partial charge is 0.176 e. The van der Waals surface area contributed by atoms with Crippen LogP contribution >= 0.6 is 34.8 Å². The number of hydrogen-bond acceptors (Lipinski definition) is 3. The molecule has 4 rings (SSSR count). The van der Waals surface area contributed by atoms with E-state index in [2.05, 4.69) is 0 Å². The molecule has 1 fully saturated rings. The number of nitrogens with zero attached hydrogens (tertiary/aromatic N) is 1. The molecule has 0 bridgehead atoms. The van der Waals surface area contributed by atoms with Crippen LogP contribution < -0.4 is 0 Å². The third kappa shape index (κ3) is 5.42. The fourth-order valence-electron chi connectivity index (χ4n) is 4.13. The van der Waals surface area contributed by atoms with Crippen LogP contribution in [0.15, 0.2) is 66.2 Å². The monoisotopic (exact) mass is 527 g/mol. The molecule has 3 aromatic rings. The average molecular weight is 529 g/mol. The molecule has 3 aromatic carbocycles. The summed E-state index contributed by atoms with van der Waals surface area (Å²) in [7, 11) is -3.75. The van der Waals surface area contributed by atoms with Gasteiger partial charge in [0.05, 0.1) is 10.9 Å². The van der Waals surface area contributed by atoms with E-state index >= 15 is 0 Å². The molecule has 33 heavy (non-hydrogen) atoms. The highest BCUT2D eigenvalue weighted by molar-refractivity contribution is 8.00. The Kier molecular flexibility index (Phi) is 6.85. The first-order chi connectivity index (χ1) is 15.5. The lowest BCUT2D eigenvalue weighted by molar-refractivity contribution is 0.203. The van der Waals surface area contributed by atoms with Gasteiger partial charge in [0.15, 0.2) is 9.84 Å². The van der Waals surface area contributed by atoms with Crippen LogP contribution in [0, 0.1) is 11.6 Å². The molecule has 0 aromatic heterocycles. The molecule has 1 aliphatic heterocycles. The van der Waals surface area contributed by atoms with Crippen LogP contribution in [-0.4, -0.2) is 32.7 Å². The first kappa shape index (κ1) is 24.2. The molecule has 1 aliphatic rings. The van der Waals surface area contributed by atoms with Crippen molar-refractivity contribution in [3.8, 4) is 0 Å². The van der Waals surface area contributed by atoms with Crippen molar-refractivity contribution < 1.29 is 17.2 Å². The molecule has 172 valence electrons. The molecule has 1 atom stereocenters. The molecule has 1 saturated heterocycles. The largest absolute Gasteiger partial charge is 0.284 e. The fourth-order valence-corrected chi connectivity index (χ4v) is 6.00. The maximum Gasteiger partial charge on any atom is 0.176 e. The van der Waals surface area contributed by atoms with E-state index in [9.17, 15) is 17.2 Å². The summed E-state index contributed by atoms with van der Waals surface area (Å²) in [6.07, 6.45) is 1.04. The number of sulfone groups is 1. The van der Waals surface area contributed by atoms with Crippen LogP contribution in [-0.2, 0) is 9.84 Å². The molecular formula is C24H18Cl3F2NO2S. The third-order valence-corrected chi connectivity index (χ3v) is 7.31. The lowest BCUT2D eigenvalue weighted by Gasteiger charge is -2.42. The van der Waals surface area contributed by atoms with E-state index in [1.807, 2.05) is 17.0 Å². The van der Waals surface area contributed by atoms with E-state index in [1.165, 1.54) is 0 Å². The topological polar surface area (TPSA) is 37.4 Å². The minimum absolute atomic E-state index is 0.00140. The second-order valence-corrected chi connectivity index (χ2v) is 11.2. The lowest BCUT2D eigenvalue weighted by atomic mass is 9.92. The van der Waals surface area contributed by atoms with Gasteiger partial charge in [-0.3, -0.25) is 4.90 Å². The zero-order chi connectivity index (χ0) is 23.9. The Labute approximate surface area is 206 Å². The number of benzene rings is 3. The van der Waals surface area contributed by atoms with Crippen LogP contribution in [0.1, 0.15) is 22.7 Å². The van der Waals surface area contributed by atoms with Gasteiger partial charge in [0.1, 0.15) is 11.6 Å². The second-order valence-electron chi connectivity index (χ2n) is 7.92. The van der Waals surface area contributed by atoms with Crippen molar-refractivity contribution in [3.05, 3.63) is 110 Å². The molecule has 3 nitrogen and oxygen atoms in total. The third-order valence-electron chi connectivity index (χ3n) is 5.36. The van der Waals surface area contributed by atoms with Gasteiger partial charge in [0.25, 0.3) is 0 Å². The second kappa shape index (κ2) is 9.35. The first-order valence-electron chi connectivity index (χ1n) is 9.85. The molecule has 1 heterocycles. The van der Waals surface area contributed by atoms with E-state index in [0.29, 0.717) is 26.7 Å². The molecule has 0 radical (unpaired) electrons. The van der Waals surface area contributed by atoms with Crippen molar-refractivity contribution >= 4 is 49.5 Å². The van der Waals surface area contributed by atoms with Crippen molar-refractivity contribution in [1.82, 2.24) is 4.90 Å². The van der Waals surface area contributed by atoms with Gasteiger partial charge < -0.3 is 0 Å². The van der Waals surface area contributed by atoms with Crippen molar-refractivity contribution in [1.29, 1.82) is 0 Å². The zero-order valence-corrected chi connectivity index (χ0v) is 20.4. The number of rotatable bonds is 5. The molecule has 0 amide bonds. The predicted octanol–water partition coefficient (Wildman–Crippen LogP) is 6.79. The van der Waals surface area contributed by atoms with Gasteiger partial charge in [-0.1, -0.05) is 46.9 Å².